The number of hydrogen-bond acceptors (Lipinski definition) is 3. The van der Waals surface area contributed by atoms with Gasteiger partial charge in [0.2, 0.25) is 0 Å². The first kappa shape index (κ1) is 17.9. The second-order valence-corrected chi connectivity index (χ2v) is 9.07. The maximum Gasteiger partial charge on any atom is 0.0970 e. The van der Waals surface area contributed by atoms with Crippen LogP contribution in [0.4, 0.5) is 0 Å². The Hall–Kier alpha value is -2.17. The molecule has 144 valence electrons. The highest BCUT2D eigenvalue weighted by molar-refractivity contribution is 7.18. The number of thiazole rings is 1. The summed E-state index contributed by atoms with van der Waals surface area (Å²) in [5.74, 6) is 0.643. The standard InChI is InChI=1S/C24H27N3S/c1-18-17-27(22-9-4-2-7-20(18)22)14-6-13-26-15-11-19(12-16-26)24-25-21-8-3-5-10-23(21)28-24/h2-5,7-10,17,19H,6,11-16H2,1H3. The van der Waals surface area contributed by atoms with Crippen LogP contribution in [0.25, 0.3) is 21.1 Å². The molecule has 4 aromatic rings. The minimum atomic E-state index is 0.643. The van der Waals surface area contributed by atoms with Gasteiger partial charge in [-0.3, -0.25) is 0 Å². The van der Waals surface area contributed by atoms with Gasteiger partial charge in [0.15, 0.2) is 0 Å². The maximum atomic E-state index is 4.89. The van der Waals surface area contributed by atoms with Crippen LogP contribution in [-0.4, -0.2) is 34.1 Å². The maximum absolute atomic E-state index is 4.89. The summed E-state index contributed by atoms with van der Waals surface area (Å²) in [6.07, 6.45) is 6.00. The number of aryl methyl sites for hydroxylation is 2. The van der Waals surface area contributed by atoms with Gasteiger partial charge in [0.05, 0.1) is 15.2 Å². The minimum absolute atomic E-state index is 0.643. The van der Waals surface area contributed by atoms with Crippen molar-refractivity contribution in [2.24, 2.45) is 0 Å². The number of nitrogens with zero attached hydrogens (tertiary/aromatic N) is 3. The van der Waals surface area contributed by atoms with Crippen LogP contribution >= 0.6 is 11.3 Å². The zero-order valence-electron chi connectivity index (χ0n) is 16.5. The quantitative estimate of drug-likeness (QED) is 0.428. The third-order valence-corrected chi connectivity index (χ3v) is 7.31. The summed E-state index contributed by atoms with van der Waals surface area (Å²) < 4.78 is 3.76. The Morgan fingerprint density at radius 1 is 1.00 bits per heavy atom. The third-order valence-electron chi connectivity index (χ3n) is 6.11. The van der Waals surface area contributed by atoms with Crippen LogP contribution in [0.15, 0.2) is 54.7 Å². The van der Waals surface area contributed by atoms with E-state index in [-0.39, 0.29) is 0 Å². The van der Waals surface area contributed by atoms with Crippen molar-refractivity contribution in [1.29, 1.82) is 0 Å². The van der Waals surface area contributed by atoms with Gasteiger partial charge >= 0.3 is 0 Å². The second-order valence-electron chi connectivity index (χ2n) is 8.01. The Morgan fingerprint density at radius 2 is 1.79 bits per heavy atom. The fourth-order valence-electron chi connectivity index (χ4n) is 4.55. The lowest BCUT2D eigenvalue weighted by Gasteiger charge is -2.31. The number of likely N-dealkylation sites (tertiary alicyclic amines) is 1. The van der Waals surface area contributed by atoms with Crippen LogP contribution in [0, 0.1) is 6.92 Å². The van der Waals surface area contributed by atoms with E-state index in [2.05, 4.69) is 71.1 Å². The van der Waals surface area contributed by atoms with Crippen LogP contribution in [0.3, 0.4) is 0 Å². The van der Waals surface area contributed by atoms with Crippen molar-refractivity contribution in [2.75, 3.05) is 19.6 Å². The molecular weight excluding hydrogens is 362 g/mol. The summed E-state index contributed by atoms with van der Waals surface area (Å²) in [5, 5.41) is 2.73. The number of piperidine rings is 1. The molecule has 28 heavy (non-hydrogen) atoms. The summed E-state index contributed by atoms with van der Waals surface area (Å²) in [6.45, 7) is 6.91. The molecule has 1 aliphatic rings. The molecule has 1 saturated heterocycles. The van der Waals surface area contributed by atoms with E-state index >= 15 is 0 Å². The van der Waals surface area contributed by atoms with Gasteiger partial charge in [0.25, 0.3) is 0 Å². The van der Waals surface area contributed by atoms with Crippen LogP contribution < -0.4 is 0 Å². The molecule has 0 aliphatic carbocycles. The number of aromatic nitrogens is 2. The zero-order chi connectivity index (χ0) is 18.9. The first-order chi connectivity index (χ1) is 13.8. The largest absolute Gasteiger partial charge is 0.347 e. The van der Waals surface area contributed by atoms with Gasteiger partial charge in [-0.15, -0.1) is 11.3 Å². The van der Waals surface area contributed by atoms with Gasteiger partial charge < -0.3 is 9.47 Å². The number of rotatable bonds is 5. The van der Waals surface area contributed by atoms with Crippen LogP contribution in [0.5, 0.6) is 0 Å². The summed E-state index contributed by atoms with van der Waals surface area (Å²) in [7, 11) is 0. The topological polar surface area (TPSA) is 21.1 Å². The predicted molar refractivity (Wildman–Crippen MR) is 119 cm³/mol. The van der Waals surface area contributed by atoms with E-state index in [1.807, 2.05) is 11.3 Å². The number of para-hydroxylation sites is 2. The van der Waals surface area contributed by atoms with Crippen molar-refractivity contribution < 1.29 is 0 Å². The molecule has 1 fully saturated rings. The normalized spacial score (nSPS) is 16.3. The molecule has 2 aromatic carbocycles. The van der Waals surface area contributed by atoms with E-state index in [0.29, 0.717) is 5.92 Å². The van der Waals surface area contributed by atoms with E-state index in [0.717, 1.165) is 6.54 Å². The molecule has 3 nitrogen and oxygen atoms in total. The van der Waals surface area contributed by atoms with Gasteiger partial charge in [-0.25, -0.2) is 4.98 Å². The van der Waals surface area contributed by atoms with Crippen molar-refractivity contribution in [1.82, 2.24) is 14.5 Å². The number of hydrogen-bond donors (Lipinski definition) is 0. The van der Waals surface area contributed by atoms with E-state index in [4.69, 9.17) is 4.98 Å². The van der Waals surface area contributed by atoms with Crippen molar-refractivity contribution in [3.8, 4) is 0 Å². The molecule has 0 unspecified atom stereocenters. The highest BCUT2D eigenvalue weighted by Crippen LogP contribution is 2.33. The summed E-state index contributed by atoms with van der Waals surface area (Å²) in [6, 6.07) is 17.3. The summed E-state index contributed by atoms with van der Waals surface area (Å²) in [5.41, 5.74) is 3.92. The molecule has 1 aliphatic heterocycles. The van der Waals surface area contributed by atoms with E-state index < -0.39 is 0 Å². The van der Waals surface area contributed by atoms with E-state index in [1.165, 1.54) is 70.6 Å². The highest BCUT2D eigenvalue weighted by atomic mass is 32.1. The zero-order valence-corrected chi connectivity index (χ0v) is 17.3. The summed E-state index contributed by atoms with van der Waals surface area (Å²) in [4.78, 5) is 7.53. The molecule has 0 radical (unpaired) electrons. The first-order valence-corrected chi connectivity index (χ1v) is 11.2. The van der Waals surface area contributed by atoms with Crippen molar-refractivity contribution in [3.63, 3.8) is 0 Å². The van der Waals surface area contributed by atoms with Crippen LogP contribution in [0.2, 0.25) is 0 Å². The summed E-state index contributed by atoms with van der Waals surface area (Å²) >= 11 is 1.89. The predicted octanol–water partition coefficient (Wildman–Crippen LogP) is 5.83. The van der Waals surface area contributed by atoms with Crippen molar-refractivity contribution in [2.45, 2.75) is 38.6 Å². The van der Waals surface area contributed by atoms with Gasteiger partial charge in [-0.1, -0.05) is 30.3 Å². The van der Waals surface area contributed by atoms with Crippen LogP contribution in [-0.2, 0) is 6.54 Å². The average Bonchev–Trinajstić information content (AvgIpc) is 3.30. The lowest BCUT2D eigenvalue weighted by Crippen LogP contribution is -2.34. The average molecular weight is 390 g/mol. The lowest BCUT2D eigenvalue weighted by atomic mass is 9.97. The van der Waals surface area contributed by atoms with E-state index in [1.54, 1.807) is 0 Å². The fraction of sp³-hybridized carbons (Fsp3) is 0.375. The van der Waals surface area contributed by atoms with Gasteiger partial charge in [0, 0.05) is 29.6 Å². The Morgan fingerprint density at radius 3 is 2.64 bits per heavy atom. The van der Waals surface area contributed by atoms with Gasteiger partial charge in [-0.05, 0) is 69.6 Å². The molecule has 0 spiro atoms. The Labute approximate surface area is 170 Å². The Balaban J connectivity index is 1.15. The molecule has 2 aromatic heterocycles. The second kappa shape index (κ2) is 7.69. The Kier molecular flexibility index (Phi) is 4.91. The smallest absolute Gasteiger partial charge is 0.0970 e. The van der Waals surface area contributed by atoms with Crippen molar-refractivity contribution in [3.05, 3.63) is 65.3 Å². The van der Waals surface area contributed by atoms with Crippen molar-refractivity contribution >= 4 is 32.5 Å². The molecular formula is C24H27N3S. The number of fused-ring (bicyclic) bond motifs is 2. The van der Waals surface area contributed by atoms with E-state index in [9.17, 15) is 0 Å². The molecule has 0 N–H and O–H groups in total. The Bertz CT molecular complexity index is 1050. The molecule has 0 bridgehead atoms. The lowest BCUT2D eigenvalue weighted by molar-refractivity contribution is 0.207. The molecule has 3 heterocycles. The SMILES string of the molecule is Cc1cn(CCCN2CCC(c3nc4ccccc4s3)CC2)c2ccccc12. The highest BCUT2D eigenvalue weighted by Gasteiger charge is 2.23. The van der Waals surface area contributed by atoms with Gasteiger partial charge in [0.1, 0.15) is 0 Å². The monoisotopic (exact) mass is 389 g/mol. The minimum Gasteiger partial charge on any atom is -0.347 e. The third kappa shape index (κ3) is 3.47. The number of benzene rings is 2. The molecule has 0 saturated carbocycles. The van der Waals surface area contributed by atoms with Gasteiger partial charge in [-0.2, -0.15) is 0 Å². The molecule has 0 atom stereocenters. The molecule has 4 heteroatoms. The molecule has 5 rings (SSSR count). The molecule has 0 amide bonds. The van der Waals surface area contributed by atoms with Crippen LogP contribution in [0.1, 0.15) is 35.8 Å². The fourth-order valence-corrected chi connectivity index (χ4v) is 5.68. The first-order valence-electron chi connectivity index (χ1n) is 10.4.